The third kappa shape index (κ3) is 1.97. The lowest BCUT2D eigenvalue weighted by Gasteiger charge is -2.00. The molecule has 0 saturated heterocycles. The molecule has 0 spiro atoms. The van der Waals surface area contributed by atoms with Gasteiger partial charge >= 0.3 is 0 Å². The van der Waals surface area contributed by atoms with E-state index in [4.69, 9.17) is 11.0 Å². The van der Waals surface area contributed by atoms with E-state index < -0.39 is 0 Å². The number of benzene rings is 1. The first-order chi connectivity index (χ1) is 5.77. The maximum absolute atomic E-state index is 11.0. The van der Waals surface area contributed by atoms with Gasteiger partial charge in [-0.15, -0.1) is 0 Å². The van der Waals surface area contributed by atoms with Crippen molar-refractivity contribution in [1.29, 1.82) is 0 Å². The monoisotopic (exact) mass is 183 g/mol. The number of rotatable bonds is 2. The number of hydrogen-bond acceptors (Lipinski definition) is 4. The Morgan fingerprint density at radius 3 is 2.83 bits per heavy atom. The normalized spacial score (nSPS) is 9.50. The smallest absolute Gasteiger partial charge is 0.265 e. The van der Waals surface area contributed by atoms with E-state index in [1.54, 1.807) is 18.2 Å². The number of hydrogen-bond donors (Lipinski definition) is 3. The molecular weight excluding hydrogens is 174 g/mol. The van der Waals surface area contributed by atoms with Gasteiger partial charge in [-0.3, -0.25) is 15.4 Å². The summed E-state index contributed by atoms with van der Waals surface area (Å²) >= 11 is 1.09. The highest BCUT2D eigenvalue weighted by Gasteiger charge is 2.02. The summed E-state index contributed by atoms with van der Waals surface area (Å²) in [6, 6.07) is 6.91. The van der Waals surface area contributed by atoms with Crippen LogP contribution in [0.3, 0.4) is 0 Å². The van der Waals surface area contributed by atoms with E-state index in [-0.39, 0.29) is 5.91 Å². The Kier molecular flexibility index (Phi) is 3.09. The minimum atomic E-state index is -0.314. The van der Waals surface area contributed by atoms with Gasteiger partial charge in [0.15, 0.2) is 0 Å². The van der Waals surface area contributed by atoms with Crippen molar-refractivity contribution in [2.45, 2.75) is 4.90 Å². The molecule has 0 aliphatic carbocycles. The van der Waals surface area contributed by atoms with E-state index in [9.17, 15) is 4.79 Å². The average Bonchev–Trinajstić information content (AvgIpc) is 2.17. The first-order valence-electron chi connectivity index (χ1n) is 3.25. The minimum absolute atomic E-state index is 0.314. The van der Waals surface area contributed by atoms with Crippen LogP contribution in [0.15, 0.2) is 29.2 Å². The van der Waals surface area contributed by atoms with Crippen LogP contribution in [0.1, 0.15) is 10.4 Å². The zero-order chi connectivity index (χ0) is 8.97. The second kappa shape index (κ2) is 4.10. The summed E-state index contributed by atoms with van der Waals surface area (Å²) in [6.07, 6.45) is 0. The van der Waals surface area contributed by atoms with Crippen molar-refractivity contribution in [3.63, 3.8) is 0 Å². The largest absolute Gasteiger partial charge is 0.290 e. The lowest BCUT2D eigenvalue weighted by Crippen LogP contribution is -2.29. The van der Waals surface area contributed by atoms with Crippen LogP contribution in [-0.2, 0) is 0 Å². The summed E-state index contributed by atoms with van der Waals surface area (Å²) in [4.78, 5) is 11.8. The molecule has 5 N–H and O–H groups in total. The summed E-state index contributed by atoms with van der Waals surface area (Å²) in [5.41, 5.74) is 2.55. The Labute approximate surface area is 74.4 Å². The molecule has 1 aromatic carbocycles. The highest BCUT2D eigenvalue weighted by Crippen LogP contribution is 2.12. The maximum Gasteiger partial charge on any atom is 0.265 e. The molecule has 0 bridgehead atoms. The molecule has 0 atom stereocenters. The van der Waals surface area contributed by atoms with E-state index in [1.807, 2.05) is 11.5 Å². The predicted molar refractivity (Wildman–Crippen MR) is 48.1 cm³/mol. The molecule has 4 nitrogen and oxygen atoms in total. The first kappa shape index (κ1) is 9.05. The molecule has 0 saturated carbocycles. The Morgan fingerprint density at radius 1 is 1.50 bits per heavy atom. The van der Waals surface area contributed by atoms with E-state index in [1.165, 1.54) is 0 Å². The van der Waals surface area contributed by atoms with Gasteiger partial charge in [0.2, 0.25) is 0 Å². The second-order valence-electron chi connectivity index (χ2n) is 2.12. The van der Waals surface area contributed by atoms with Gasteiger partial charge in [0, 0.05) is 10.5 Å². The summed E-state index contributed by atoms with van der Waals surface area (Å²) in [5, 5.41) is 5.31. The van der Waals surface area contributed by atoms with Crippen LogP contribution >= 0.6 is 11.9 Å². The molecule has 0 aliphatic heterocycles. The van der Waals surface area contributed by atoms with Crippen molar-refractivity contribution < 1.29 is 4.79 Å². The highest BCUT2D eigenvalue weighted by atomic mass is 32.2. The number of hydrazine groups is 1. The third-order valence-corrected chi connectivity index (χ3v) is 1.89. The summed E-state index contributed by atoms with van der Waals surface area (Å²) in [7, 11) is 0. The Morgan fingerprint density at radius 2 is 2.25 bits per heavy atom. The fourth-order valence-electron chi connectivity index (χ4n) is 0.794. The molecule has 64 valence electrons. The van der Waals surface area contributed by atoms with Crippen molar-refractivity contribution in [1.82, 2.24) is 5.43 Å². The Balaban J connectivity index is 2.93. The topological polar surface area (TPSA) is 81.1 Å². The van der Waals surface area contributed by atoms with Gasteiger partial charge in [-0.2, -0.15) is 0 Å². The number of nitrogens with two attached hydrogens (primary N) is 2. The first-order valence-corrected chi connectivity index (χ1v) is 4.13. The summed E-state index contributed by atoms with van der Waals surface area (Å²) in [6.45, 7) is 0. The van der Waals surface area contributed by atoms with Crippen molar-refractivity contribution in [2.75, 3.05) is 0 Å². The molecular formula is C7H9N3OS. The molecule has 0 radical (unpaired) electrons. The lowest BCUT2D eigenvalue weighted by atomic mass is 10.2. The van der Waals surface area contributed by atoms with E-state index in [0.717, 1.165) is 16.8 Å². The molecule has 1 amide bonds. The van der Waals surface area contributed by atoms with Gasteiger partial charge in [-0.05, 0) is 30.1 Å². The Hall–Kier alpha value is -1.04. The number of nitrogens with one attached hydrogen (secondary N) is 1. The van der Waals surface area contributed by atoms with E-state index in [0.29, 0.717) is 5.56 Å². The van der Waals surface area contributed by atoms with Gasteiger partial charge in [0.25, 0.3) is 5.91 Å². The fourth-order valence-corrected chi connectivity index (χ4v) is 1.15. The van der Waals surface area contributed by atoms with Crippen molar-refractivity contribution in [3.05, 3.63) is 29.8 Å². The maximum atomic E-state index is 11.0. The van der Waals surface area contributed by atoms with E-state index in [2.05, 4.69) is 0 Å². The van der Waals surface area contributed by atoms with Gasteiger partial charge in [-0.25, -0.2) is 5.84 Å². The molecule has 0 unspecified atom stereocenters. The number of nitrogen functional groups attached to an aromatic ring is 1. The standard InChI is InChI=1S/C7H9N3OS/c8-10-7(11)5-2-1-3-6(4-5)12-9/h1-4H,8-9H2,(H,10,11). The van der Waals surface area contributed by atoms with Crippen molar-refractivity contribution in [3.8, 4) is 0 Å². The van der Waals surface area contributed by atoms with Gasteiger partial charge in [-0.1, -0.05) is 6.07 Å². The van der Waals surface area contributed by atoms with Crippen LogP contribution in [-0.4, -0.2) is 5.91 Å². The zero-order valence-electron chi connectivity index (χ0n) is 6.28. The van der Waals surface area contributed by atoms with E-state index >= 15 is 0 Å². The predicted octanol–water partition coefficient (Wildman–Crippen LogP) is 0.256. The molecule has 0 heterocycles. The van der Waals surface area contributed by atoms with Gasteiger partial charge in [0.1, 0.15) is 0 Å². The van der Waals surface area contributed by atoms with Crippen molar-refractivity contribution in [2.24, 2.45) is 11.0 Å². The van der Waals surface area contributed by atoms with Crippen LogP contribution in [0.2, 0.25) is 0 Å². The molecule has 5 heteroatoms. The molecule has 1 rings (SSSR count). The average molecular weight is 183 g/mol. The molecule has 1 aromatic rings. The summed E-state index contributed by atoms with van der Waals surface area (Å²) in [5.74, 6) is 4.64. The van der Waals surface area contributed by atoms with Crippen LogP contribution in [0, 0.1) is 0 Å². The van der Waals surface area contributed by atoms with Gasteiger partial charge in [0.05, 0.1) is 0 Å². The highest BCUT2D eigenvalue weighted by molar-refractivity contribution is 7.97. The van der Waals surface area contributed by atoms with Crippen molar-refractivity contribution >= 4 is 17.9 Å². The zero-order valence-corrected chi connectivity index (χ0v) is 7.10. The van der Waals surface area contributed by atoms with Crippen LogP contribution in [0.5, 0.6) is 0 Å². The number of carbonyl (C=O) groups excluding carboxylic acids is 1. The van der Waals surface area contributed by atoms with Crippen LogP contribution in [0.4, 0.5) is 0 Å². The van der Waals surface area contributed by atoms with Crippen LogP contribution in [0.25, 0.3) is 0 Å². The number of carbonyl (C=O) groups is 1. The number of amides is 1. The molecule has 12 heavy (non-hydrogen) atoms. The molecule has 0 fully saturated rings. The molecule has 0 aromatic heterocycles. The Bertz CT molecular complexity index is 290. The second-order valence-corrected chi connectivity index (χ2v) is 2.83. The lowest BCUT2D eigenvalue weighted by molar-refractivity contribution is 0.0953. The summed E-state index contributed by atoms with van der Waals surface area (Å²) < 4.78 is 0. The SMILES string of the molecule is NNC(=O)c1cccc(SN)c1. The fraction of sp³-hybridized carbons (Fsp3) is 0. The van der Waals surface area contributed by atoms with Crippen LogP contribution < -0.4 is 16.4 Å². The minimum Gasteiger partial charge on any atom is -0.290 e. The van der Waals surface area contributed by atoms with Gasteiger partial charge < -0.3 is 0 Å². The quantitative estimate of drug-likeness (QED) is 0.266. The third-order valence-electron chi connectivity index (χ3n) is 1.36. The molecule has 0 aliphatic rings.